The Kier molecular flexibility index (Phi) is 5.67. The average molecular weight is 399 g/mol. The van der Waals surface area contributed by atoms with Crippen LogP contribution in [0, 0.1) is 13.8 Å². The molecule has 0 saturated heterocycles. The van der Waals surface area contributed by atoms with E-state index >= 15 is 0 Å². The van der Waals surface area contributed by atoms with Crippen molar-refractivity contribution in [2.24, 2.45) is 0 Å². The van der Waals surface area contributed by atoms with Crippen LogP contribution in [0.3, 0.4) is 0 Å². The Morgan fingerprint density at radius 3 is 2.72 bits per heavy atom. The zero-order chi connectivity index (χ0) is 21.1. The molecule has 3 rings (SSSR count). The Morgan fingerprint density at radius 2 is 2.03 bits per heavy atom. The van der Waals surface area contributed by atoms with Gasteiger partial charge in [0.15, 0.2) is 0 Å². The maximum absolute atomic E-state index is 12.9. The quantitative estimate of drug-likeness (QED) is 0.634. The highest BCUT2D eigenvalue weighted by Crippen LogP contribution is 2.25. The number of benzene rings is 1. The Bertz CT molecular complexity index is 1150. The number of aromatic nitrogens is 2. The molecule has 1 amide bonds. The number of aryl methyl sites for hydroxylation is 2. The summed E-state index contributed by atoms with van der Waals surface area (Å²) in [5.41, 5.74) is 0.906. The largest absolute Gasteiger partial charge is 0.495 e. The highest BCUT2D eigenvalue weighted by Gasteiger charge is 2.24. The van der Waals surface area contributed by atoms with Gasteiger partial charge in [0.1, 0.15) is 35.3 Å². The van der Waals surface area contributed by atoms with E-state index < -0.39 is 17.4 Å². The molecule has 0 saturated carbocycles. The van der Waals surface area contributed by atoms with E-state index in [1.165, 1.54) is 13.4 Å². The van der Waals surface area contributed by atoms with Gasteiger partial charge in [0.2, 0.25) is 11.6 Å². The summed E-state index contributed by atoms with van der Waals surface area (Å²) in [6.07, 6.45) is 1.20. The molecular weight excluding hydrogens is 378 g/mol. The number of anilines is 1. The SMILES string of the molecule is CCOC(=O)c1c(C)oc2ncn(CC(=O)Nc3cc(C)ccc3OC)c(=O)c12. The molecule has 0 atom stereocenters. The van der Waals surface area contributed by atoms with Gasteiger partial charge in [-0.2, -0.15) is 0 Å². The van der Waals surface area contributed by atoms with Crippen molar-refractivity contribution in [3.63, 3.8) is 0 Å². The second kappa shape index (κ2) is 8.17. The smallest absolute Gasteiger partial charge is 0.342 e. The molecule has 0 radical (unpaired) electrons. The second-order valence-electron chi connectivity index (χ2n) is 6.36. The first-order chi connectivity index (χ1) is 13.8. The molecule has 1 aromatic carbocycles. The summed E-state index contributed by atoms with van der Waals surface area (Å²) in [7, 11) is 1.50. The lowest BCUT2D eigenvalue weighted by atomic mass is 10.2. The molecule has 0 fully saturated rings. The van der Waals surface area contributed by atoms with Crippen LogP contribution in [-0.2, 0) is 16.1 Å². The van der Waals surface area contributed by atoms with Crippen LogP contribution >= 0.6 is 0 Å². The third-order valence-electron chi connectivity index (χ3n) is 4.28. The normalized spacial score (nSPS) is 10.8. The second-order valence-corrected chi connectivity index (χ2v) is 6.36. The number of nitrogens with one attached hydrogen (secondary N) is 1. The van der Waals surface area contributed by atoms with Crippen LogP contribution in [0.4, 0.5) is 5.69 Å². The minimum absolute atomic E-state index is 0.00983. The van der Waals surface area contributed by atoms with E-state index in [9.17, 15) is 14.4 Å². The number of hydrogen-bond acceptors (Lipinski definition) is 7. The molecule has 0 aliphatic heterocycles. The Morgan fingerprint density at radius 1 is 1.28 bits per heavy atom. The summed E-state index contributed by atoms with van der Waals surface area (Å²) in [6.45, 7) is 4.95. The van der Waals surface area contributed by atoms with Crippen LogP contribution in [0.5, 0.6) is 5.75 Å². The number of amides is 1. The molecule has 9 heteroatoms. The molecule has 29 heavy (non-hydrogen) atoms. The van der Waals surface area contributed by atoms with Crippen molar-refractivity contribution in [1.29, 1.82) is 0 Å². The van der Waals surface area contributed by atoms with Gasteiger partial charge in [-0.1, -0.05) is 6.07 Å². The molecule has 9 nitrogen and oxygen atoms in total. The maximum atomic E-state index is 12.9. The monoisotopic (exact) mass is 399 g/mol. The van der Waals surface area contributed by atoms with Gasteiger partial charge in [0, 0.05) is 0 Å². The number of methoxy groups -OCH3 is 1. The number of carbonyl (C=O) groups is 2. The topological polar surface area (TPSA) is 113 Å². The van der Waals surface area contributed by atoms with Crippen molar-refractivity contribution in [3.8, 4) is 5.75 Å². The van der Waals surface area contributed by atoms with Gasteiger partial charge in [0.25, 0.3) is 5.56 Å². The van der Waals surface area contributed by atoms with Crippen LogP contribution < -0.4 is 15.6 Å². The number of rotatable bonds is 6. The van der Waals surface area contributed by atoms with Gasteiger partial charge in [-0.3, -0.25) is 14.2 Å². The lowest BCUT2D eigenvalue weighted by molar-refractivity contribution is -0.116. The van der Waals surface area contributed by atoms with Crippen LogP contribution in [0.2, 0.25) is 0 Å². The first kappa shape index (κ1) is 20.1. The van der Waals surface area contributed by atoms with Crippen molar-refractivity contribution >= 4 is 28.7 Å². The maximum Gasteiger partial charge on any atom is 0.342 e. The summed E-state index contributed by atoms with van der Waals surface area (Å²) < 4.78 is 16.8. The Labute approximate surface area is 166 Å². The summed E-state index contributed by atoms with van der Waals surface area (Å²) in [6, 6.07) is 5.36. The number of furan rings is 1. The molecule has 1 N–H and O–H groups in total. The molecule has 0 spiro atoms. The highest BCUT2D eigenvalue weighted by atomic mass is 16.5. The predicted molar refractivity (Wildman–Crippen MR) is 105 cm³/mol. The summed E-state index contributed by atoms with van der Waals surface area (Å²) in [5.74, 6) is -0.390. The van der Waals surface area contributed by atoms with Gasteiger partial charge < -0.3 is 19.2 Å². The van der Waals surface area contributed by atoms with Crippen molar-refractivity contribution in [2.75, 3.05) is 19.0 Å². The number of nitrogens with zero attached hydrogens (tertiary/aromatic N) is 2. The van der Waals surface area contributed by atoms with Gasteiger partial charge in [-0.25, -0.2) is 9.78 Å². The van der Waals surface area contributed by atoms with Gasteiger partial charge in [-0.15, -0.1) is 0 Å². The van der Waals surface area contributed by atoms with E-state index in [2.05, 4.69) is 10.3 Å². The molecule has 3 aromatic rings. The minimum atomic E-state index is -0.672. The van der Waals surface area contributed by atoms with Crippen molar-refractivity contribution in [3.05, 3.63) is 51.8 Å². The molecule has 2 aromatic heterocycles. The van der Waals surface area contributed by atoms with E-state index in [-0.39, 0.29) is 35.6 Å². The van der Waals surface area contributed by atoms with Gasteiger partial charge >= 0.3 is 5.97 Å². The minimum Gasteiger partial charge on any atom is -0.495 e. The van der Waals surface area contributed by atoms with Gasteiger partial charge in [0.05, 0.1) is 19.4 Å². The number of fused-ring (bicyclic) bond motifs is 1. The summed E-state index contributed by atoms with van der Waals surface area (Å²) in [4.78, 5) is 41.7. The highest BCUT2D eigenvalue weighted by molar-refractivity contribution is 6.03. The zero-order valence-electron chi connectivity index (χ0n) is 16.6. The molecule has 0 unspecified atom stereocenters. The van der Waals surface area contributed by atoms with Crippen LogP contribution in [0.15, 0.2) is 33.7 Å². The van der Waals surface area contributed by atoms with Crippen molar-refractivity contribution in [2.45, 2.75) is 27.3 Å². The fourth-order valence-electron chi connectivity index (χ4n) is 2.96. The van der Waals surface area contributed by atoms with E-state index in [4.69, 9.17) is 13.9 Å². The molecule has 0 aliphatic rings. The summed E-state index contributed by atoms with van der Waals surface area (Å²) >= 11 is 0. The number of carbonyl (C=O) groups excluding carboxylic acids is 2. The summed E-state index contributed by atoms with van der Waals surface area (Å²) in [5, 5.41) is 2.71. The number of esters is 1. The van der Waals surface area contributed by atoms with E-state index in [1.807, 2.05) is 13.0 Å². The first-order valence-corrected chi connectivity index (χ1v) is 8.95. The molecular formula is C20H21N3O6. The number of hydrogen-bond donors (Lipinski definition) is 1. The molecule has 0 bridgehead atoms. The van der Waals surface area contributed by atoms with E-state index in [0.29, 0.717) is 11.4 Å². The lowest BCUT2D eigenvalue weighted by Crippen LogP contribution is -2.28. The Hall–Kier alpha value is -3.62. The van der Waals surface area contributed by atoms with E-state index in [1.54, 1.807) is 26.0 Å². The van der Waals surface area contributed by atoms with E-state index in [0.717, 1.165) is 10.1 Å². The average Bonchev–Trinajstić information content (AvgIpc) is 3.01. The molecule has 2 heterocycles. The third-order valence-corrected chi connectivity index (χ3v) is 4.28. The van der Waals surface area contributed by atoms with Crippen LogP contribution in [-0.4, -0.2) is 35.1 Å². The predicted octanol–water partition coefficient (Wildman–Crippen LogP) is 2.43. The fourth-order valence-corrected chi connectivity index (χ4v) is 2.96. The zero-order valence-corrected chi connectivity index (χ0v) is 16.6. The Balaban J connectivity index is 1.93. The number of ether oxygens (including phenoxy) is 2. The van der Waals surface area contributed by atoms with Crippen LogP contribution in [0.1, 0.15) is 28.6 Å². The third kappa shape index (κ3) is 3.98. The fraction of sp³-hybridized carbons (Fsp3) is 0.300. The molecule has 152 valence electrons. The van der Waals surface area contributed by atoms with Crippen LogP contribution in [0.25, 0.3) is 11.1 Å². The van der Waals surface area contributed by atoms with Crippen molar-refractivity contribution in [1.82, 2.24) is 9.55 Å². The van der Waals surface area contributed by atoms with Gasteiger partial charge in [-0.05, 0) is 38.5 Å². The lowest BCUT2D eigenvalue weighted by Gasteiger charge is -2.11. The first-order valence-electron chi connectivity index (χ1n) is 8.95. The van der Waals surface area contributed by atoms with Crippen molar-refractivity contribution < 1.29 is 23.5 Å². The standard InChI is InChI=1S/C20H21N3O6/c1-5-28-20(26)16-12(3)29-18-17(16)19(25)23(10-21-18)9-15(24)22-13-8-11(2)6-7-14(13)27-4/h6-8,10H,5,9H2,1-4H3,(H,22,24). The molecule has 0 aliphatic carbocycles.